The highest BCUT2D eigenvalue weighted by molar-refractivity contribution is 5.55. The lowest BCUT2D eigenvalue weighted by atomic mass is 9.96. The second-order valence-corrected chi connectivity index (χ2v) is 3.91. The summed E-state index contributed by atoms with van der Waals surface area (Å²) in [4.78, 5) is 0. The summed E-state index contributed by atoms with van der Waals surface area (Å²) in [5.74, 6) is 0. The molecule has 0 spiro atoms. The SMILES string of the molecule is CCc1ccc2c(c1)CC[C@H](CO)N2. The first-order valence-corrected chi connectivity index (χ1v) is 5.32. The lowest BCUT2D eigenvalue weighted by Gasteiger charge is -2.25. The first kappa shape index (κ1) is 9.53. The minimum atomic E-state index is 0.231. The number of hydrogen-bond acceptors (Lipinski definition) is 2. The van der Waals surface area contributed by atoms with E-state index in [0.29, 0.717) is 0 Å². The molecule has 2 rings (SSSR count). The van der Waals surface area contributed by atoms with Gasteiger partial charge in [0.25, 0.3) is 0 Å². The van der Waals surface area contributed by atoms with E-state index in [4.69, 9.17) is 5.11 Å². The van der Waals surface area contributed by atoms with Crippen LogP contribution >= 0.6 is 0 Å². The van der Waals surface area contributed by atoms with Crippen molar-refractivity contribution in [3.05, 3.63) is 29.3 Å². The van der Waals surface area contributed by atoms with E-state index in [1.165, 1.54) is 16.8 Å². The van der Waals surface area contributed by atoms with Gasteiger partial charge in [0.15, 0.2) is 0 Å². The van der Waals surface area contributed by atoms with Gasteiger partial charge in [-0.2, -0.15) is 0 Å². The number of anilines is 1. The van der Waals surface area contributed by atoms with E-state index in [-0.39, 0.29) is 12.6 Å². The largest absolute Gasteiger partial charge is 0.394 e. The first-order valence-electron chi connectivity index (χ1n) is 5.32. The lowest BCUT2D eigenvalue weighted by Crippen LogP contribution is -2.28. The summed E-state index contributed by atoms with van der Waals surface area (Å²) < 4.78 is 0. The zero-order valence-electron chi connectivity index (χ0n) is 8.59. The van der Waals surface area contributed by atoms with Crippen LogP contribution in [0.3, 0.4) is 0 Å². The summed E-state index contributed by atoms with van der Waals surface area (Å²) >= 11 is 0. The Balaban J connectivity index is 2.23. The Kier molecular flexibility index (Phi) is 2.73. The molecule has 1 aromatic carbocycles. The molecule has 1 heterocycles. The standard InChI is InChI=1S/C12H17NO/c1-2-9-3-6-12-10(7-9)4-5-11(8-14)13-12/h3,6-7,11,13-14H,2,4-5,8H2,1H3/t11-/m1/s1. The molecule has 1 aliphatic heterocycles. The van der Waals surface area contributed by atoms with Gasteiger partial charge in [0.05, 0.1) is 6.61 Å². The smallest absolute Gasteiger partial charge is 0.0632 e. The molecule has 0 aliphatic carbocycles. The summed E-state index contributed by atoms with van der Waals surface area (Å²) in [6, 6.07) is 6.81. The predicted octanol–water partition coefficient (Wildman–Crippen LogP) is 1.97. The summed E-state index contributed by atoms with van der Waals surface area (Å²) in [5, 5.41) is 12.4. The van der Waals surface area contributed by atoms with Crippen molar-refractivity contribution in [2.24, 2.45) is 0 Å². The molecule has 1 atom stereocenters. The fraction of sp³-hybridized carbons (Fsp3) is 0.500. The molecule has 2 nitrogen and oxygen atoms in total. The molecule has 0 bridgehead atoms. The topological polar surface area (TPSA) is 32.3 Å². The fourth-order valence-electron chi connectivity index (χ4n) is 1.97. The van der Waals surface area contributed by atoms with Crippen LogP contribution in [0.4, 0.5) is 5.69 Å². The van der Waals surface area contributed by atoms with E-state index >= 15 is 0 Å². The zero-order valence-corrected chi connectivity index (χ0v) is 8.59. The first-order chi connectivity index (χ1) is 6.83. The molecule has 0 fully saturated rings. The van der Waals surface area contributed by atoms with Crippen LogP contribution in [0, 0.1) is 0 Å². The van der Waals surface area contributed by atoms with Crippen LogP contribution < -0.4 is 5.32 Å². The van der Waals surface area contributed by atoms with E-state index in [0.717, 1.165) is 19.3 Å². The average molecular weight is 191 g/mol. The van der Waals surface area contributed by atoms with Gasteiger partial charge in [-0.15, -0.1) is 0 Å². The summed E-state index contributed by atoms with van der Waals surface area (Å²) in [6.45, 7) is 2.41. The quantitative estimate of drug-likeness (QED) is 0.749. The minimum Gasteiger partial charge on any atom is -0.394 e. The number of aryl methyl sites for hydroxylation is 2. The molecule has 1 aliphatic rings. The van der Waals surface area contributed by atoms with Gasteiger partial charge in [-0.05, 0) is 36.5 Å². The van der Waals surface area contributed by atoms with Crippen molar-refractivity contribution in [1.29, 1.82) is 0 Å². The van der Waals surface area contributed by atoms with Gasteiger partial charge < -0.3 is 10.4 Å². The number of hydrogen-bond donors (Lipinski definition) is 2. The second-order valence-electron chi connectivity index (χ2n) is 3.91. The Morgan fingerprint density at radius 1 is 1.50 bits per heavy atom. The van der Waals surface area contributed by atoms with Crippen LogP contribution in [0.5, 0.6) is 0 Å². The molecule has 0 radical (unpaired) electrons. The van der Waals surface area contributed by atoms with E-state index in [2.05, 4.69) is 30.4 Å². The molecule has 0 unspecified atom stereocenters. The highest BCUT2D eigenvalue weighted by Gasteiger charge is 2.16. The second kappa shape index (κ2) is 4.01. The number of rotatable bonds is 2. The number of aliphatic hydroxyl groups excluding tert-OH is 1. The van der Waals surface area contributed by atoms with E-state index in [1.54, 1.807) is 0 Å². The molecule has 0 saturated carbocycles. The normalized spacial score (nSPS) is 20.0. The maximum Gasteiger partial charge on any atom is 0.0632 e. The molecule has 76 valence electrons. The molecule has 14 heavy (non-hydrogen) atoms. The maximum atomic E-state index is 9.05. The molecule has 0 amide bonds. The maximum absolute atomic E-state index is 9.05. The molecule has 0 aromatic heterocycles. The highest BCUT2D eigenvalue weighted by Crippen LogP contribution is 2.25. The van der Waals surface area contributed by atoms with Gasteiger partial charge in [0.2, 0.25) is 0 Å². The third-order valence-electron chi connectivity index (χ3n) is 2.92. The van der Waals surface area contributed by atoms with Crippen molar-refractivity contribution in [2.75, 3.05) is 11.9 Å². The van der Waals surface area contributed by atoms with Gasteiger partial charge in [-0.3, -0.25) is 0 Å². The zero-order chi connectivity index (χ0) is 9.97. The Morgan fingerprint density at radius 2 is 2.36 bits per heavy atom. The van der Waals surface area contributed by atoms with Crippen LogP contribution in [0.1, 0.15) is 24.5 Å². The van der Waals surface area contributed by atoms with Gasteiger partial charge in [0, 0.05) is 11.7 Å². The average Bonchev–Trinajstić information content (AvgIpc) is 2.27. The van der Waals surface area contributed by atoms with Gasteiger partial charge >= 0.3 is 0 Å². The Bertz CT molecular complexity index is 322. The van der Waals surface area contributed by atoms with Crippen molar-refractivity contribution in [2.45, 2.75) is 32.2 Å². The summed E-state index contributed by atoms with van der Waals surface area (Å²) in [6.07, 6.45) is 3.22. The van der Waals surface area contributed by atoms with E-state index < -0.39 is 0 Å². The number of aliphatic hydroxyl groups is 1. The van der Waals surface area contributed by atoms with Crippen molar-refractivity contribution in [3.8, 4) is 0 Å². The third-order valence-corrected chi connectivity index (χ3v) is 2.92. The Labute approximate surface area is 85.0 Å². The molecule has 0 saturated heterocycles. The van der Waals surface area contributed by atoms with E-state index in [9.17, 15) is 0 Å². The van der Waals surface area contributed by atoms with Crippen molar-refractivity contribution in [3.63, 3.8) is 0 Å². The minimum absolute atomic E-state index is 0.231. The van der Waals surface area contributed by atoms with Crippen molar-refractivity contribution >= 4 is 5.69 Å². The lowest BCUT2D eigenvalue weighted by molar-refractivity contribution is 0.267. The molecule has 1 aromatic rings. The van der Waals surface area contributed by atoms with Gasteiger partial charge in [-0.25, -0.2) is 0 Å². The Morgan fingerprint density at radius 3 is 3.07 bits per heavy atom. The molecular formula is C12H17NO. The fourth-order valence-corrected chi connectivity index (χ4v) is 1.97. The van der Waals surface area contributed by atoms with Gasteiger partial charge in [0.1, 0.15) is 0 Å². The van der Waals surface area contributed by atoms with Crippen LogP contribution in [0.15, 0.2) is 18.2 Å². The third kappa shape index (κ3) is 1.75. The van der Waals surface area contributed by atoms with Crippen LogP contribution in [0.2, 0.25) is 0 Å². The van der Waals surface area contributed by atoms with Gasteiger partial charge in [-0.1, -0.05) is 19.1 Å². The van der Waals surface area contributed by atoms with Crippen molar-refractivity contribution in [1.82, 2.24) is 0 Å². The number of benzene rings is 1. The molecule has 2 N–H and O–H groups in total. The number of nitrogens with one attached hydrogen (secondary N) is 1. The molecule has 2 heteroatoms. The van der Waals surface area contributed by atoms with Crippen LogP contribution in [-0.4, -0.2) is 17.8 Å². The molecular weight excluding hydrogens is 174 g/mol. The Hall–Kier alpha value is -1.02. The van der Waals surface area contributed by atoms with Crippen LogP contribution in [0.25, 0.3) is 0 Å². The summed E-state index contributed by atoms with van der Waals surface area (Å²) in [7, 11) is 0. The monoisotopic (exact) mass is 191 g/mol. The van der Waals surface area contributed by atoms with Crippen LogP contribution in [-0.2, 0) is 12.8 Å². The van der Waals surface area contributed by atoms with Crippen molar-refractivity contribution < 1.29 is 5.11 Å². The number of fused-ring (bicyclic) bond motifs is 1. The highest BCUT2D eigenvalue weighted by atomic mass is 16.3. The predicted molar refractivity (Wildman–Crippen MR) is 58.6 cm³/mol. The van der Waals surface area contributed by atoms with E-state index in [1.807, 2.05) is 0 Å². The summed E-state index contributed by atoms with van der Waals surface area (Å²) in [5.41, 5.74) is 3.99.